The Kier molecular flexibility index (Phi) is 5.21. The highest BCUT2D eigenvalue weighted by atomic mass is 16.3. The maximum Gasteiger partial charge on any atom is 0.134 e. The number of nitrogens with one attached hydrogen (secondary N) is 1. The Morgan fingerprint density at radius 2 is 2.00 bits per heavy atom. The lowest BCUT2D eigenvalue weighted by Crippen LogP contribution is -2.21. The summed E-state index contributed by atoms with van der Waals surface area (Å²) in [6, 6.07) is 8.29. The molecule has 0 radical (unpaired) electrons. The first-order valence-corrected chi connectivity index (χ1v) is 7.44. The van der Waals surface area contributed by atoms with E-state index in [1.165, 1.54) is 17.4 Å². The number of para-hydroxylation sites is 1. The highest BCUT2D eigenvalue weighted by molar-refractivity contribution is 5.82. The van der Waals surface area contributed by atoms with Crippen LogP contribution in [-0.4, -0.2) is 25.5 Å². The van der Waals surface area contributed by atoms with E-state index >= 15 is 0 Å². The maximum atomic E-state index is 6.05. The van der Waals surface area contributed by atoms with Crippen LogP contribution in [0.5, 0.6) is 0 Å². The van der Waals surface area contributed by atoms with E-state index in [9.17, 15) is 0 Å². The van der Waals surface area contributed by atoms with Crippen molar-refractivity contribution < 1.29 is 4.42 Å². The normalized spacial score (nSPS) is 11.9. The zero-order chi connectivity index (χ0) is 14.5. The van der Waals surface area contributed by atoms with Gasteiger partial charge in [0.15, 0.2) is 0 Å². The van der Waals surface area contributed by atoms with Crippen molar-refractivity contribution in [3.8, 4) is 0 Å². The van der Waals surface area contributed by atoms with Crippen LogP contribution in [0.2, 0.25) is 0 Å². The Morgan fingerprint density at radius 1 is 1.25 bits per heavy atom. The number of benzene rings is 1. The van der Waals surface area contributed by atoms with E-state index in [1.54, 1.807) is 0 Å². The fourth-order valence-electron chi connectivity index (χ4n) is 2.45. The second-order valence-corrected chi connectivity index (χ2v) is 5.95. The number of hydrogen-bond donors (Lipinski definition) is 1. The van der Waals surface area contributed by atoms with Gasteiger partial charge in [-0.25, -0.2) is 0 Å². The second kappa shape index (κ2) is 6.91. The van der Waals surface area contributed by atoms with Crippen LogP contribution < -0.4 is 5.32 Å². The van der Waals surface area contributed by atoms with Gasteiger partial charge in [0.2, 0.25) is 0 Å². The summed E-state index contributed by atoms with van der Waals surface area (Å²) in [4.78, 5) is 2.34. The van der Waals surface area contributed by atoms with Crippen molar-refractivity contribution >= 4 is 11.0 Å². The zero-order valence-electron chi connectivity index (χ0n) is 13.1. The quantitative estimate of drug-likeness (QED) is 0.835. The molecule has 0 aliphatic rings. The monoisotopic (exact) mass is 274 g/mol. The van der Waals surface area contributed by atoms with Gasteiger partial charge in [-0.3, -0.25) is 4.90 Å². The van der Waals surface area contributed by atoms with Crippen LogP contribution in [0.1, 0.15) is 31.6 Å². The van der Waals surface area contributed by atoms with Crippen molar-refractivity contribution in [3.63, 3.8) is 0 Å². The van der Waals surface area contributed by atoms with E-state index in [4.69, 9.17) is 4.42 Å². The molecule has 0 atom stereocenters. The van der Waals surface area contributed by atoms with E-state index < -0.39 is 0 Å². The summed E-state index contributed by atoms with van der Waals surface area (Å²) in [5, 5.41) is 4.48. The van der Waals surface area contributed by atoms with Crippen LogP contribution in [0.25, 0.3) is 11.0 Å². The minimum Gasteiger partial charge on any atom is -0.459 e. The molecule has 2 aromatic rings. The van der Waals surface area contributed by atoms with Crippen molar-refractivity contribution in [1.29, 1.82) is 0 Å². The molecule has 1 N–H and O–H groups in total. The molecule has 0 aliphatic carbocycles. The van der Waals surface area contributed by atoms with Gasteiger partial charge in [0.25, 0.3) is 0 Å². The van der Waals surface area contributed by atoms with E-state index in [2.05, 4.69) is 43.2 Å². The summed E-state index contributed by atoms with van der Waals surface area (Å²) in [6.07, 6.45) is 1.22. The first-order valence-electron chi connectivity index (χ1n) is 7.44. The molecule has 110 valence electrons. The number of fused-ring (bicyclic) bond motifs is 1. The lowest BCUT2D eigenvalue weighted by Gasteiger charge is -2.17. The number of hydrogen-bond acceptors (Lipinski definition) is 3. The third kappa shape index (κ3) is 3.62. The topological polar surface area (TPSA) is 28.4 Å². The van der Waals surface area contributed by atoms with Crippen LogP contribution in [0.4, 0.5) is 0 Å². The molecule has 1 aromatic carbocycles. The van der Waals surface area contributed by atoms with Crippen LogP contribution >= 0.6 is 0 Å². The Hall–Kier alpha value is -1.32. The molecule has 0 saturated carbocycles. The first kappa shape index (κ1) is 15.1. The fraction of sp³-hybridized carbons (Fsp3) is 0.529. The van der Waals surface area contributed by atoms with Gasteiger partial charge in [-0.05, 0) is 39.0 Å². The van der Waals surface area contributed by atoms with Crippen molar-refractivity contribution in [2.45, 2.75) is 33.4 Å². The largest absolute Gasteiger partial charge is 0.459 e. The van der Waals surface area contributed by atoms with Crippen molar-refractivity contribution in [1.82, 2.24) is 10.2 Å². The standard InChI is InChI=1S/C17H26N2O/c1-13(2)9-10-19(4)12-17-15(11-18-3)14-7-5-6-8-16(14)20-17/h5-8,13,18H,9-12H2,1-4H3. The SMILES string of the molecule is CNCc1c(CN(C)CCC(C)C)oc2ccccc12. The molecule has 0 bridgehead atoms. The summed E-state index contributed by atoms with van der Waals surface area (Å²) in [5.74, 6) is 1.83. The van der Waals surface area contributed by atoms with Crippen LogP contribution in [0.15, 0.2) is 28.7 Å². The Bertz CT molecular complexity index is 545. The van der Waals surface area contributed by atoms with Gasteiger partial charge in [-0.2, -0.15) is 0 Å². The number of furan rings is 1. The molecular weight excluding hydrogens is 248 g/mol. The lowest BCUT2D eigenvalue weighted by atomic mass is 10.1. The predicted octanol–water partition coefficient (Wildman–Crippen LogP) is 3.63. The number of rotatable bonds is 7. The van der Waals surface area contributed by atoms with Crippen molar-refractivity contribution in [2.24, 2.45) is 5.92 Å². The Morgan fingerprint density at radius 3 is 2.70 bits per heavy atom. The highest BCUT2D eigenvalue weighted by Crippen LogP contribution is 2.26. The molecular formula is C17H26N2O. The molecule has 0 aliphatic heterocycles. The third-order valence-corrected chi connectivity index (χ3v) is 3.64. The maximum absolute atomic E-state index is 6.05. The molecule has 3 nitrogen and oxygen atoms in total. The lowest BCUT2D eigenvalue weighted by molar-refractivity contribution is 0.279. The minimum atomic E-state index is 0.741. The average Bonchev–Trinajstić information content (AvgIpc) is 2.75. The van der Waals surface area contributed by atoms with Gasteiger partial charge in [-0.15, -0.1) is 0 Å². The molecule has 0 saturated heterocycles. The smallest absolute Gasteiger partial charge is 0.134 e. The minimum absolute atomic E-state index is 0.741. The van der Waals surface area contributed by atoms with E-state index in [1.807, 2.05) is 19.2 Å². The van der Waals surface area contributed by atoms with E-state index in [0.29, 0.717) is 0 Å². The van der Waals surface area contributed by atoms with Gasteiger partial charge < -0.3 is 9.73 Å². The molecule has 0 amide bonds. The Balaban J connectivity index is 2.17. The summed E-state index contributed by atoms with van der Waals surface area (Å²) in [6.45, 7) is 7.36. The van der Waals surface area contributed by atoms with Crippen molar-refractivity contribution in [2.75, 3.05) is 20.6 Å². The van der Waals surface area contributed by atoms with Crippen LogP contribution in [-0.2, 0) is 13.1 Å². The van der Waals surface area contributed by atoms with E-state index in [0.717, 1.165) is 36.9 Å². The molecule has 0 unspecified atom stereocenters. The van der Waals surface area contributed by atoms with Crippen LogP contribution in [0, 0.1) is 5.92 Å². The molecule has 2 rings (SSSR count). The van der Waals surface area contributed by atoms with E-state index in [-0.39, 0.29) is 0 Å². The Labute approximate surface area is 122 Å². The van der Waals surface area contributed by atoms with Gasteiger partial charge in [0, 0.05) is 17.5 Å². The van der Waals surface area contributed by atoms with Crippen LogP contribution in [0.3, 0.4) is 0 Å². The summed E-state index contributed by atoms with van der Waals surface area (Å²) in [5.41, 5.74) is 2.28. The number of nitrogens with zero attached hydrogens (tertiary/aromatic N) is 1. The molecule has 0 fully saturated rings. The van der Waals surface area contributed by atoms with Crippen molar-refractivity contribution in [3.05, 3.63) is 35.6 Å². The summed E-state index contributed by atoms with van der Waals surface area (Å²) >= 11 is 0. The molecule has 20 heavy (non-hydrogen) atoms. The first-order chi connectivity index (χ1) is 9.61. The van der Waals surface area contributed by atoms with Gasteiger partial charge in [0.05, 0.1) is 6.54 Å². The van der Waals surface area contributed by atoms with Gasteiger partial charge >= 0.3 is 0 Å². The molecule has 0 spiro atoms. The average molecular weight is 274 g/mol. The summed E-state index contributed by atoms with van der Waals surface area (Å²) < 4.78 is 6.05. The molecule has 1 heterocycles. The highest BCUT2D eigenvalue weighted by Gasteiger charge is 2.14. The summed E-state index contributed by atoms with van der Waals surface area (Å²) in [7, 11) is 4.15. The fourth-order valence-corrected chi connectivity index (χ4v) is 2.45. The molecule has 3 heteroatoms. The third-order valence-electron chi connectivity index (χ3n) is 3.64. The van der Waals surface area contributed by atoms with Gasteiger partial charge in [-0.1, -0.05) is 32.0 Å². The molecule has 1 aromatic heterocycles. The van der Waals surface area contributed by atoms with Gasteiger partial charge in [0.1, 0.15) is 11.3 Å². The second-order valence-electron chi connectivity index (χ2n) is 5.95. The zero-order valence-corrected chi connectivity index (χ0v) is 13.1. The predicted molar refractivity (Wildman–Crippen MR) is 84.8 cm³/mol.